The molecule has 0 N–H and O–H groups in total. The van der Waals surface area contributed by atoms with Crippen LogP contribution in [0, 0.1) is 0 Å². The Bertz CT molecular complexity index is 202. The van der Waals surface area contributed by atoms with Gasteiger partial charge < -0.3 is 14.0 Å². The Morgan fingerprint density at radius 3 is 2.64 bits per heavy atom. The molecule has 0 amide bonds. The fourth-order valence-electron chi connectivity index (χ4n) is 1.19. The van der Waals surface area contributed by atoms with E-state index in [1.807, 2.05) is 29.1 Å². The molecule has 1 aromatic rings. The van der Waals surface area contributed by atoms with E-state index in [1.165, 1.54) is 0 Å². The third-order valence-corrected chi connectivity index (χ3v) is 1.76. The van der Waals surface area contributed by atoms with Crippen molar-refractivity contribution in [1.29, 1.82) is 0 Å². The number of nitrogens with zero attached hydrogens (tertiary/aromatic N) is 1. The fourth-order valence-corrected chi connectivity index (χ4v) is 1.19. The Hall–Kier alpha value is -0.800. The highest BCUT2D eigenvalue weighted by atomic mass is 16.6. The van der Waals surface area contributed by atoms with Gasteiger partial charge in [0.15, 0.2) is 6.23 Å². The van der Waals surface area contributed by atoms with E-state index >= 15 is 0 Å². The zero-order chi connectivity index (χ0) is 7.52. The standard InChI is InChI=1S/C8H11NO2/c1-2-4-9(3-1)8-7-10-5-6-11-8/h1-4,8H,5-7H2. The first-order chi connectivity index (χ1) is 5.47. The second kappa shape index (κ2) is 3.07. The third-order valence-electron chi connectivity index (χ3n) is 1.76. The third kappa shape index (κ3) is 1.44. The number of hydrogen-bond acceptors (Lipinski definition) is 2. The predicted octanol–water partition coefficient (Wildman–Crippen LogP) is 1.03. The van der Waals surface area contributed by atoms with Crippen molar-refractivity contribution in [2.24, 2.45) is 0 Å². The van der Waals surface area contributed by atoms with Gasteiger partial charge in [0.1, 0.15) is 0 Å². The van der Waals surface area contributed by atoms with Gasteiger partial charge >= 0.3 is 0 Å². The molecule has 1 unspecified atom stereocenters. The maximum atomic E-state index is 5.46. The minimum Gasteiger partial charge on any atom is -0.374 e. The summed E-state index contributed by atoms with van der Waals surface area (Å²) >= 11 is 0. The molecular formula is C8H11NO2. The second-order valence-corrected chi connectivity index (χ2v) is 2.53. The molecule has 60 valence electrons. The molecule has 3 heteroatoms. The summed E-state index contributed by atoms with van der Waals surface area (Å²) in [4.78, 5) is 0. The summed E-state index contributed by atoms with van der Waals surface area (Å²) in [5, 5.41) is 0. The van der Waals surface area contributed by atoms with Crippen molar-refractivity contribution in [1.82, 2.24) is 4.57 Å². The van der Waals surface area contributed by atoms with Gasteiger partial charge in [-0.15, -0.1) is 0 Å². The Balaban J connectivity index is 2.04. The highest BCUT2D eigenvalue weighted by molar-refractivity contribution is 4.91. The Labute approximate surface area is 65.5 Å². The first-order valence-electron chi connectivity index (χ1n) is 3.78. The van der Waals surface area contributed by atoms with Gasteiger partial charge in [0.25, 0.3) is 0 Å². The molecule has 2 heterocycles. The van der Waals surface area contributed by atoms with E-state index in [1.54, 1.807) is 0 Å². The van der Waals surface area contributed by atoms with Crippen LogP contribution < -0.4 is 0 Å². The first-order valence-corrected chi connectivity index (χ1v) is 3.78. The molecule has 1 atom stereocenters. The molecule has 1 fully saturated rings. The van der Waals surface area contributed by atoms with Crippen LogP contribution >= 0.6 is 0 Å². The van der Waals surface area contributed by atoms with Crippen LogP contribution in [-0.2, 0) is 9.47 Å². The molecule has 1 aliphatic heterocycles. The van der Waals surface area contributed by atoms with Gasteiger partial charge in [0.2, 0.25) is 0 Å². The van der Waals surface area contributed by atoms with Gasteiger partial charge in [0.05, 0.1) is 19.8 Å². The summed E-state index contributed by atoms with van der Waals surface area (Å²) in [7, 11) is 0. The highest BCUT2D eigenvalue weighted by Crippen LogP contribution is 2.12. The van der Waals surface area contributed by atoms with E-state index in [-0.39, 0.29) is 6.23 Å². The Morgan fingerprint density at radius 2 is 2.00 bits per heavy atom. The number of rotatable bonds is 1. The van der Waals surface area contributed by atoms with E-state index in [4.69, 9.17) is 9.47 Å². The van der Waals surface area contributed by atoms with Crippen LogP contribution in [0.4, 0.5) is 0 Å². The van der Waals surface area contributed by atoms with Crippen LogP contribution in [0.3, 0.4) is 0 Å². The molecule has 0 spiro atoms. The lowest BCUT2D eigenvalue weighted by Crippen LogP contribution is -2.25. The second-order valence-electron chi connectivity index (χ2n) is 2.53. The van der Waals surface area contributed by atoms with Crippen LogP contribution in [0.1, 0.15) is 6.23 Å². The lowest BCUT2D eigenvalue weighted by molar-refractivity contribution is -0.122. The zero-order valence-corrected chi connectivity index (χ0v) is 6.27. The smallest absolute Gasteiger partial charge is 0.157 e. The summed E-state index contributed by atoms with van der Waals surface area (Å²) in [6.07, 6.45) is 4.05. The van der Waals surface area contributed by atoms with Gasteiger partial charge in [0, 0.05) is 12.4 Å². The maximum absolute atomic E-state index is 5.46. The van der Waals surface area contributed by atoms with Crippen molar-refractivity contribution in [3.05, 3.63) is 24.5 Å². The van der Waals surface area contributed by atoms with Crippen molar-refractivity contribution >= 4 is 0 Å². The largest absolute Gasteiger partial charge is 0.374 e. The molecule has 0 saturated carbocycles. The maximum Gasteiger partial charge on any atom is 0.157 e. The lowest BCUT2D eigenvalue weighted by atomic mass is 10.5. The van der Waals surface area contributed by atoms with Gasteiger partial charge in [-0.2, -0.15) is 0 Å². The molecule has 1 aliphatic rings. The van der Waals surface area contributed by atoms with Gasteiger partial charge in [-0.25, -0.2) is 0 Å². The summed E-state index contributed by atoms with van der Waals surface area (Å²) in [6, 6.07) is 3.97. The van der Waals surface area contributed by atoms with Crippen molar-refractivity contribution in [3.63, 3.8) is 0 Å². The summed E-state index contributed by atoms with van der Waals surface area (Å²) in [6.45, 7) is 2.08. The molecule has 1 aromatic heterocycles. The molecular weight excluding hydrogens is 142 g/mol. The number of ether oxygens (including phenoxy) is 2. The molecule has 2 rings (SSSR count). The lowest BCUT2D eigenvalue weighted by Gasteiger charge is -2.23. The topological polar surface area (TPSA) is 23.4 Å². The molecule has 0 bridgehead atoms. The van der Waals surface area contributed by atoms with Gasteiger partial charge in [-0.1, -0.05) is 0 Å². The summed E-state index contributed by atoms with van der Waals surface area (Å²) in [5.74, 6) is 0. The Morgan fingerprint density at radius 1 is 1.18 bits per heavy atom. The van der Waals surface area contributed by atoms with Crippen LogP contribution in [0.15, 0.2) is 24.5 Å². The Kier molecular flexibility index (Phi) is 1.92. The molecule has 0 aliphatic carbocycles. The van der Waals surface area contributed by atoms with E-state index < -0.39 is 0 Å². The van der Waals surface area contributed by atoms with Gasteiger partial charge in [-0.3, -0.25) is 0 Å². The highest BCUT2D eigenvalue weighted by Gasteiger charge is 2.13. The summed E-state index contributed by atoms with van der Waals surface area (Å²) in [5.41, 5.74) is 0. The molecule has 0 radical (unpaired) electrons. The molecule has 11 heavy (non-hydrogen) atoms. The monoisotopic (exact) mass is 153 g/mol. The van der Waals surface area contributed by atoms with E-state index in [9.17, 15) is 0 Å². The van der Waals surface area contributed by atoms with E-state index in [2.05, 4.69) is 0 Å². The normalized spacial score (nSPS) is 25.3. The summed E-state index contributed by atoms with van der Waals surface area (Å²) < 4.78 is 12.7. The van der Waals surface area contributed by atoms with E-state index in [0.717, 1.165) is 6.61 Å². The van der Waals surface area contributed by atoms with Crippen molar-refractivity contribution < 1.29 is 9.47 Å². The van der Waals surface area contributed by atoms with Crippen molar-refractivity contribution in [2.45, 2.75) is 6.23 Å². The molecule has 0 aromatic carbocycles. The van der Waals surface area contributed by atoms with Crippen LogP contribution in [-0.4, -0.2) is 24.4 Å². The zero-order valence-electron chi connectivity index (χ0n) is 6.27. The van der Waals surface area contributed by atoms with Crippen molar-refractivity contribution in [3.8, 4) is 0 Å². The molecule has 3 nitrogen and oxygen atoms in total. The minimum absolute atomic E-state index is 0.0822. The average Bonchev–Trinajstić information content (AvgIpc) is 2.58. The van der Waals surface area contributed by atoms with Crippen LogP contribution in [0.25, 0.3) is 0 Å². The number of aromatic nitrogens is 1. The quantitative estimate of drug-likeness (QED) is 0.601. The van der Waals surface area contributed by atoms with Gasteiger partial charge in [-0.05, 0) is 12.1 Å². The average molecular weight is 153 g/mol. The predicted molar refractivity (Wildman–Crippen MR) is 40.2 cm³/mol. The van der Waals surface area contributed by atoms with Crippen LogP contribution in [0.5, 0.6) is 0 Å². The fraction of sp³-hybridized carbons (Fsp3) is 0.500. The number of hydrogen-bond donors (Lipinski definition) is 0. The van der Waals surface area contributed by atoms with Crippen LogP contribution in [0.2, 0.25) is 0 Å². The van der Waals surface area contributed by atoms with Crippen molar-refractivity contribution in [2.75, 3.05) is 19.8 Å². The minimum atomic E-state index is 0.0822. The SMILES string of the molecule is c1ccn(C2COCCO2)c1. The molecule has 1 saturated heterocycles. The van der Waals surface area contributed by atoms with E-state index in [0.29, 0.717) is 13.2 Å². The first kappa shape index (κ1) is 6.88.